The Morgan fingerprint density at radius 1 is 1.12 bits per heavy atom. The quantitative estimate of drug-likeness (QED) is 0.554. The van der Waals surface area contributed by atoms with Gasteiger partial charge in [-0.25, -0.2) is 9.97 Å². The number of hydrogen-bond donors (Lipinski definition) is 0. The highest BCUT2D eigenvalue weighted by atomic mass is 16.5. The summed E-state index contributed by atoms with van der Waals surface area (Å²) in [5, 5.41) is 12.7. The summed E-state index contributed by atoms with van der Waals surface area (Å²) in [7, 11) is 1.89. The molecule has 4 aromatic rings. The minimum absolute atomic E-state index is 0.561. The summed E-state index contributed by atoms with van der Waals surface area (Å²) < 4.78 is 8.94. The maximum Gasteiger partial charge on any atom is 0.187 e. The average molecular weight is 335 g/mol. The van der Waals surface area contributed by atoms with Crippen LogP contribution in [0.5, 0.6) is 5.75 Å². The van der Waals surface area contributed by atoms with Crippen LogP contribution in [0.2, 0.25) is 0 Å². The SMILES string of the molecule is CCOc1ccc(-n2nnc3cnc(Cc4ccn(C)n4)nc32)cc1. The molecule has 0 saturated carbocycles. The molecule has 0 N–H and O–H groups in total. The van der Waals surface area contributed by atoms with Gasteiger partial charge in [-0.1, -0.05) is 5.21 Å². The molecule has 8 heteroatoms. The molecule has 0 aliphatic heterocycles. The number of benzene rings is 1. The molecule has 1 aromatic carbocycles. The Kier molecular flexibility index (Phi) is 3.85. The number of ether oxygens (including phenoxy) is 1. The first-order valence-electron chi connectivity index (χ1n) is 8.02. The lowest BCUT2D eigenvalue weighted by molar-refractivity contribution is 0.340. The zero-order valence-electron chi connectivity index (χ0n) is 14.0. The van der Waals surface area contributed by atoms with Crippen molar-refractivity contribution in [1.29, 1.82) is 0 Å². The lowest BCUT2D eigenvalue weighted by Gasteiger charge is -2.05. The van der Waals surface area contributed by atoms with E-state index in [9.17, 15) is 0 Å². The molecular formula is C17H17N7O. The molecule has 4 rings (SSSR count). The minimum Gasteiger partial charge on any atom is -0.494 e. The van der Waals surface area contributed by atoms with Gasteiger partial charge in [-0.05, 0) is 37.3 Å². The van der Waals surface area contributed by atoms with Crippen LogP contribution in [0.1, 0.15) is 18.4 Å². The van der Waals surface area contributed by atoms with Crippen LogP contribution in [-0.2, 0) is 13.5 Å². The maximum absolute atomic E-state index is 5.47. The van der Waals surface area contributed by atoms with Gasteiger partial charge in [0.15, 0.2) is 11.2 Å². The van der Waals surface area contributed by atoms with Gasteiger partial charge in [-0.15, -0.1) is 5.10 Å². The fourth-order valence-corrected chi connectivity index (χ4v) is 2.59. The van der Waals surface area contributed by atoms with Crippen molar-refractivity contribution in [1.82, 2.24) is 34.7 Å². The first-order valence-corrected chi connectivity index (χ1v) is 8.02. The number of nitrogens with zero attached hydrogens (tertiary/aromatic N) is 7. The normalized spacial score (nSPS) is 11.1. The van der Waals surface area contributed by atoms with E-state index in [1.54, 1.807) is 15.6 Å². The van der Waals surface area contributed by atoms with Crippen LogP contribution in [0.4, 0.5) is 0 Å². The highest BCUT2D eigenvalue weighted by Crippen LogP contribution is 2.18. The van der Waals surface area contributed by atoms with Gasteiger partial charge in [-0.3, -0.25) is 4.68 Å². The van der Waals surface area contributed by atoms with E-state index >= 15 is 0 Å². The summed E-state index contributed by atoms with van der Waals surface area (Å²) in [4.78, 5) is 8.98. The molecular weight excluding hydrogens is 318 g/mol. The van der Waals surface area contributed by atoms with Crippen molar-refractivity contribution in [3.63, 3.8) is 0 Å². The Hall–Kier alpha value is -3.29. The molecule has 8 nitrogen and oxygen atoms in total. The number of aryl methyl sites for hydroxylation is 1. The molecule has 3 heterocycles. The van der Waals surface area contributed by atoms with Gasteiger partial charge >= 0.3 is 0 Å². The molecule has 0 bridgehead atoms. The van der Waals surface area contributed by atoms with Crippen molar-refractivity contribution < 1.29 is 4.74 Å². The van der Waals surface area contributed by atoms with Gasteiger partial charge in [-0.2, -0.15) is 9.78 Å². The smallest absolute Gasteiger partial charge is 0.187 e. The monoisotopic (exact) mass is 335 g/mol. The molecule has 0 saturated heterocycles. The van der Waals surface area contributed by atoms with Crippen LogP contribution in [0, 0.1) is 0 Å². The lowest BCUT2D eigenvalue weighted by atomic mass is 10.3. The Morgan fingerprint density at radius 2 is 1.96 bits per heavy atom. The van der Waals surface area contributed by atoms with Crippen LogP contribution in [-0.4, -0.2) is 41.3 Å². The highest BCUT2D eigenvalue weighted by molar-refractivity contribution is 5.70. The van der Waals surface area contributed by atoms with Crippen LogP contribution in [0.25, 0.3) is 16.9 Å². The standard InChI is InChI=1S/C17H17N7O/c1-3-25-14-6-4-13(5-7-14)24-17-15(20-22-24)11-18-16(19-17)10-12-8-9-23(2)21-12/h4-9,11H,3,10H2,1-2H3. The third-order valence-corrected chi connectivity index (χ3v) is 3.74. The molecule has 0 radical (unpaired) electrons. The lowest BCUT2D eigenvalue weighted by Crippen LogP contribution is -2.02. The largest absolute Gasteiger partial charge is 0.494 e. The number of hydrogen-bond acceptors (Lipinski definition) is 6. The van der Waals surface area contributed by atoms with Crippen molar-refractivity contribution in [2.24, 2.45) is 7.05 Å². The fourth-order valence-electron chi connectivity index (χ4n) is 2.59. The summed E-state index contributed by atoms with van der Waals surface area (Å²) in [6.07, 6.45) is 4.16. The van der Waals surface area contributed by atoms with Crippen molar-refractivity contribution >= 4 is 11.2 Å². The van der Waals surface area contributed by atoms with Crippen molar-refractivity contribution in [2.45, 2.75) is 13.3 Å². The van der Waals surface area contributed by atoms with Crippen LogP contribution in [0.15, 0.2) is 42.7 Å². The fraction of sp³-hybridized carbons (Fsp3) is 0.235. The highest BCUT2D eigenvalue weighted by Gasteiger charge is 2.11. The molecule has 126 valence electrons. The summed E-state index contributed by atoms with van der Waals surface area (Å²) in [6, 6.07) is 9.62. The predicted molar refractivity (Wildman–Crippen MR) is 91.6 cm³/mol. The van der Waals surface area contributed by atoms with E-state index < -0.39 is 0 Å². The van der Waals surface area contributed by atoms with E-state index in [-0.39, 0.29) is 0 Å². The Labute approximate surface area is 144 Å². The van der Waals surface area contributed by atoms with Gasteiger partial charge in [0, 0.05) is 13.2 Å². The minimum atomic E-state index is 0.561. The third kappa shape index (κ3) is 3.06. The molecule has 0 unspecified atom stereocenters. The van der Waals surface area contributed by atoms with Crippen molar-refractivity contribution in [3.8, 4) is 11.4 Å². The molecule has 0 spiro atoms. The average Bonchev–Trinajstić information content (AvgIpc) is 3.22. The molecule has 0 aliphatic carbocycles. The van der Waals surface area contributed by atoms with Gasteiger partial charge in [0.2, 0.25) is 0 Å². The first kappa shape index (κ1) is 15.3. The molecule has 0 fully saturated rings. The summed E-state index contributed by atoms with van der Waals surface area (Å²) >= 11 is 0. The van der Waals surface area contributed by atoms with Crippen LogP contribution < -0.4 is 4.74 Å². The van der Waals surface area contributed by atoms with Gasteiger partial charge in [0.1, 0.15) is 11.6 Å². The molecule has 25 heavy (non-hydrogen) atoms. The van der Waals surface area contributed by atoms with Crippen LogP contribution in [0.3, 0.4) is 0 Å². The van der Waals surface area contributed by atoms with E-state index in [4.69, 9.17) is 4.74 Å². The van der Waals surface area contributed by atoms with E-state index in [0.717, 1.165) is 17.1 Å². The third-order valence-electron chi connectivity index (χ3n) is 3.74. The van der Waals surface area contributed by atoms with E-state index in [1.165, 1.54) is 0 Å². The van der Waals surface area contributed by atoms with Crippen LogP contribution >= 0.6 is 0 Å². The molecule has 3 aromatic heterocycles. The Balaban J connectivity index is 1.68. The van der Waals surface area contributed by atoms with Crippen molar-refractivity contribution in [2.75, 3.05) is 6.61 Å². The Morgan fingerprint density at radius 3 is 2.68 bits per heavy atom. The number of rotatable bonds is 5. The summed E-state index contributed by atoms with van der Waals surface area (Å²) in [5.41, 5.74) is 3.11. The molecule has 0 aliphatic rings. The maximum atomic E-state index is 5.47. The van der Waals surface area contributed by atoms with E-state index in [2.05, 4.69) is 25.4 Å². The van der Waals surface area contributed by atoms with Gasteiger partial charge in [0.05, 0.1) is 30.6 Å². The van der Waals surface area contributed by atoms with Crippen molar-refractivity contribution in [3.05, 3.63) is 54.2 Å². The molecule has 0 atom stereocenters. The summed E-state index contributed by atoms with van der Waals surface area (Å²) in [5.74, 6) is 1.50. The van der Waals surface area contributed by atoms with Gasteiger partial charge < -0.3 is 4.74 Å². The summed E-state index contributed by atoms with van der Waals surface area (Å²) in [6.45, 7) is 2.59. The number of aromatic nitrogens is 7. The predicted octanol–water partition coefficient (Wildman–Crippen LogP) is 1.93. The van der Waals surface area contributed by atoms with E-state index in [0.29, 0.717) is 30.0 Å². The second kappa shape index (κ2) is 6.31. The molecule has 0 amide bonds. The zero-order chi connectivity index (χ0) is 17.2. The van der Waals surface area contributed by atoms with E-state index in [1.807, 2.05) is 50.5 Å². The first-order chi connectivity index (χ1) is 12.2. The topological polar surface area (TPSA) is 83.5 Å². The number of fused-ring (bicyclic) bond motifs is 1. The van der Waals surface area contributed by atoms with Gasteiger partial charge in [0.25, 0.3) is 0 Å². The zero-order valence-corrected chi connectivity index (χ0v) is 14.0. The second-order valence-corrected chi connectivity index (χ2v) is 5.58. The second-order valence-electron chi connectivity index (χ2n) is 5.58. The Bertz CT molecular complexity index is 1000.